The largest absolute Gasteiger partial charge is 0.491 e. The van der Waals surface area contributed by atoms with Crippen LogP contribution in [-0.4, -0.2) is 39.9 Å². The number of guanidine groups is 1. The highest BCUT2D eigenvalue weighted by Crippen LogP contribution is 2.29. The topological polar surface area (TPSA) is 54.9 Å². The van der Waals surface area contributed by atoms with Crippen LogP contribution in [0.1, 0.15) is 16.7 Å². The zero-order chi connectivity index (χ0) is 21.1. The van der Waals surface area contributed by atoms with Gasteiger partial charge in [0.1, 0.15) is 12.4 Å². The molecule has 0 atom stereocenters. The van der Waals surface area contributed by atoms with Crippen molar-refractivity contribution in [1.82, 2.24) is 10.6 Å². The molecule has 0 aliphatic heterocycles. The van der Waals surface area contributed by atoms with Crippen LogP contribution in [0.25, 0.3) is 0 Å². The van der Waals surface area contributed by atoms with Crippen LogP contribution in [0.5, 0.6) is 5.75 Å². The summed E-state index contributed by atoms with van der Waals surface area (Å²) in [5.74, 6) is 1.40. The summed E-state index contributed by atoms with van der Waals surface area (Å²) in [6.07, 6.45) is -3.72. The van der Waals surface area contributed by atoms with Crippen molar-refractivity contribution in [2.24, 2.45) is 4.99 Å². The first-order valence-electron chi connectivity index (χ1n) is 9.23. The van der Waals surface area contributed by atoms with Crippen LogP contribution in [-0.2, 0) is 23.9 Å². The van der Waals surface area contributed by atoms with Gasteiger partial charge in [0.2, 0.25) is 0 Å². The molecule has 29 heavy (non-hydrogen) atoms. The summed E-state index contributed by atoms with van der Waals surface area (Å²) in [5, 5.41) is 6.36. The minimum Gasteiger partial charge on any atom is -0.491 e. The second-order valence-electron chi connectivity index (χ2n) is 6.28. The van der Waals surface area contributed by atoms with Crippen LogP contribution in [0.4, 0.5) is 13.2 Å². The lowest BCUT2D eigenvalue weighted by Gasteiger charge is -2.13. The molecule has 0 saturated heterocycles. The highest BCUT2D eigenvalue weighted by molar-refractivity contribution is 5.79. The molecule has 0 saturated carbocycles. The van der Waals surface area contributed by atoms with Crippen LogP contribution in [0.15, 0.2) is 53.5 Å². The number of alkyl halides is 3. The fraction of sp³-hybridized carbons (Fsp3) is 0.381. The molecule has 0 aliphatic rings. The van der Waals surface area contributed by atoms with E-state index in [-0.39, 0.29) is 0 Å². The Bertz CT molecular complexity index is 760. The summed E-state index contributed by atoms with van der Waals surface area (Å²) in [4.78, 5) is 4.16. The van der Waals surface area contributed by atoms with E-state index in [4.69, 9.17) is 9.47 Å². The van der Waals surface area contributed by atoms with Crippen molar-refractivity contribution in [2.45, 2.75) is 19.1 Å². The molecule has 0 spiro atoms. The molecular weight excluding hydrogens is 383 g/mol. The van der Waals surface area contributed by atoms with E-state index in [0.29, 0.717) is 38.7 Å². The van der Waals surface area contributed by atoms with Gasteiger partial charge in [-0.15, -0.1) is 0 Å². The summed E-state index contributed by atoms with van der Waals surface area (Å²) in [6.45, 7) is 2.18. The fourth-order valence-electron chi connectivity index (χ4n) is 2.54. The lowest BCUT2D eigenvalue weighted by atomic mass is 10.1. The average Bonchev–Trinajstić information content (AvgIpc) is 2.71. The number of nitrogens with zero attached hydrogens (tertiary/aromatic N) is 1. The number of methoxy groups -OCH3 is 1. The Labute approximate surface area is 168 Å². The number of rotatable bonds is 9. The van der Waals surface area contributed by atoms with E-state index in [1.165, 1.54) is 12.1 Å². The van der Waals surface area contributed by atoms with Crippen molar-refractivity contribution >= 4 is 5.96 Å². The van der Waals surface area contributed by atoms with Crippen molar-refractivity contribution in [3.05, 3.63) is 65.2 Å². The quantitative estimate of drug-likeness (QED) is 0.377. The average molecular weight is 409 g/mol. The summed E-state index contributed by atoms with van der Waals surface area (Å²) >= 11 is 0. The van der Waals surface area contributed by atoms with Gasteiger partial charge < -0.3 is 20.1 Å². The Hall–Kier alpha value is -2.74. The highest BCUT2D eigenvalue weighted by Gasteiger charge is 2.29. The monoisotopic (exact) mass is 409 g/mol. The minimum absolute atomic E-state index is 0.504. The van der Waals surface area contributed by atoms with E-state index >= 15 is 0 Å². The van der Waals surface area contributed by atoms with Gasteiger partial charge in [-0.05, 0) is 41.8 Å². The van der Waals surface area contributed by atoms with E-state index in [9.17, 15) is 13.2 Å². The lowest BCUT2D eigenvalue weighted by molar-refractivity contribution is -0.137. The van der Waals surface area contributed by atoms with Crippen LogP contribution in [0.2, 0.25) is 0 Å². The van der Waals surface area contributed by atoms with Gasteiger partial charge in [-0.3, -0.25) is 4.99 Å². The SMILES string of the molecule is CN=C(NCCc1ccc(C(F)(F)F)cc1)NCc1ccc(OCCOC)cc1. The number of hydrogen-bond acceptors (Lipinski definition) is 3. The van der Waals surface area contributed by atoms with Crippen molar-refractivity contribution in [1.29, 1.82) is 0 Å². The predicted octanol–water partition coefficient (Wildman–Crippen LogP) is 3.64. The fourth-order valence-corrected chi connectivity index (χ4v) is 2.54. The first-order chi connectivity index (χ1) is 13.9. The predicted molar refractivity (Wildman–Crippen MR) is 107 cm³/mol. The molecule has 2 aromatic carbocycles. The zero-order valence-corrected chi connectivity index (χ0v) is 16.6. The molecule has 0 unspecified atom stereocenters. The molecule has 2 rings (SSSR count). The number of ether oxygens (including phenoxy) is 2. The lowest BCUT2D eigenvalue weighted by Crippen LogP contribution is -2.37. The van der Waals surface area contributed by atoms with Gasteiger partial charge in [0.05, 0.1) is 12.2 Å². The van der Waals surface area contributed by atoms with Crippen LogP contribution in [0, 0.1) is 0 Å². The third kappa shape index (κ3) is 8.03. The van der Waals surface area contributed by atoms with E-state index < -0.39 is 11.7 Å². The van der Waals surface area contributed by atoms with Crippen molar-refractivity contribution in [2.75, 3.05) is 33.9 Å². The Balaban J connectivity index is 1.73. The Morgan fingerprint density at radius 2 is 1.59 bits per heavy atom. The summed E-state index contributed by atoms with van der Waals surface area (Å²) in [5.41, 5.74) is 1.25. The number of hydrogen-bond donors (Lipinski definition) is 2. The molecule has 0 amide bonds. The number of benzene rings is 2. The molecule has 158 valence electrons. The van der Waals surface area contributed by atoms with E-state index in [2.05, 4.69) is 15.6 Å². The normalized spacial score (nSPS) is 12.0. The third-order valence-electron chi connectivity index (χ3n) is 4.15. The number of halogens is 3. The van der Waals surface area contributed by atoms with Crippen LogP contribution < -0.4 is 15.4 Å². The Morgan fingerprint density at radius 3 is 2.17 bits per heavy atom. The van der Waals surface area contributed by atoms with Gasteiger partial charge >= 0.3 is 6.18 Å². The summed E-state index contributed by atoms with van der Waals surface area (Å²) in [7, 11) is 3.29. The first-order valence-corrected chi connectivity index (χ1v) is 9.23. The van der Waals surface area contributed by atoms with Crippen LogP contribution in [0.3, 0.4) is 0 Å². The van der Waals surface area contributed by atoms with Gasteiger partial charge in [-0.1, -0.05) is 24.3 Å². The third-order valence-corrected chi connectivity index (χ3v) is 4.15. The Kier molecular flexibility index (Phi) is 8.79. The zero-order valence-electron chi connectivity index (χ0n) is 16.6. The van der Waals surface area contributed by atoms with Gasteiger partial charge in [0.15, 0.2) is 5.96 Å². The molecule has 2 N–H and O–H groups in total. The molecule has 0 aromatic heterocycles. The van der Waals surface area contributed by atoms with E-state index in [1.54, 1.807) is 14.2 Å². The molecule has 2 aromatic rings. The van der Waals surface area contributed by atoms with Crippen molar-refractivity contribution < 1.29 is 22.6 Å². The maximum Gasteiger partial charge on any atom is 0.416 e. The van der Waals surface area contributed by atoms with Gasteiger partial charge in [-0.25, -0.2) is 0 Å². The highest BCUT2D eigenvalue weighted by atomic mass is 19.4. The molecule has 0 bridgehead atoms. The molecule has 8 heteroatoms. The number of nitrogens with one attached hydrogen (secondary N) is 2. The molecule has 0 fully saturated rings. The minimum atomic E-state index is -4.31. The van der Waals surface area contributed by atoms with Crippen LogP contribution >= 0.6 is 0 Å². The summed E-state index contributed by atoms with van der Waals surface area (Å²) in [6, 6.07) is 12.9. The second kappa shape index (κ2) is 11.3. The summed E-state index contributed by atoms with van der Waals surface area (Å²) < 4.78 is 48.2. The smallest absolute Gasteiger partial charge is 0.416 e. The maximum absolute atomic E-state index is 12.6. The maximum atomic E-state index is 12.6. The van der Waals surface area contributed by atoms with Crippen molar-refractivity contribution in [3.63, 3.8) is 0 Å². The Morgan fingerprint density at radius 1 is 0.931 bits per heavy atom. The van der Waals surface area contributed by atoms with Gasteiger partial charge in [0, 0.05) is 27.2 Å². The molecule has 0 heterocycles. The molecule has 0 aliphatic carbocycles. The van der Waals surface area contributed by atoms with Gasteiger partial charge in [0.25, 0.3) is 0 Å². The van der Waals surface area contributed by atoms with Crippen molar-refractivity contribution in [3.8, 4) is 5.75 Å². The van der Waals surface area contributed by atoms with E-state index in [0.717, 1.165) is 29.0 Å². The number of aliphatic imine (C=N–C) groups is 1. The van der Waals surface area contributed by atoms with Gasteiger partial charge in [-0.2, -0.15) is 13.2 Å². The van der Waals surface area contributed by atoms with E-state index in [1.807, 2.05) is 24.3 Å². The molecule has 5 nitrogen and oxygen atoms in total. The first kappa shape index (κ1) is 22.5. The standard InChI is InChI=1S/C21H26F3N3O2/c1-25-20(26-12-11-16-3-7-18(8-4-16)21(22,23)24)27-15-17-5-9-19(10-6-17)29-14-13-28-2/h3-10H,11-15H2,1-2H3,(H2,25,26,27). The molecular formula is C21H26F3N3O2. The molecule has 0 radical (unpaired) electrons. The second-order valence-corrected chi connectivity index (χ2v) is 6.28.